The molecule has 1 amide bonds. The van der Waals surface area contributed by atoms with Crippen molar-refractivity contribution in [3.63, 3.8) is 0 Å². The lowest BCUT2D eigenvalue weighted by Gasteiger charge is -2.35. The van der Waals surface area contributed by atoms with Crippen LogP contribution in [0.3, 0.4) is 0 Å². The Morgan fingerprint density at radius 3 is 2.91 bits per heavy atom. The number of carbonyl (C=O) groups excluding carboxylic acids is 1. The normalized spacial score (nSPS) is 23.6. The van der Waals surface area contributed by atoms with Crippen molar-refractivity contribution < 1.29 is 9.72 Å². The first-order valence-corrected chi connectivity index (χ1v) is 7.34. The third kappa shape index (κ3) is 2.94. The summed E-state index contributed by atoms with van der Waals surface area (Å²) in [6.07, 6.45) is 2.06. The van der Waals surface area contributed by atoms with Gasteiger partial charge in [-0.2, -0.15) is 0 Å². The number of carbonyl (C=O) groups is 1. The summed E-state index contributed by atoms with van der Waals surface area (Å²) in [4.78, 5) is 25.1. The molecule has 2 fully saturated rings. The van der Waals surface area contributed by atoms with Gasteiger partial charge in [0.2, 0.25) is 0 Å². The van der Waals surface area contributed by atoms with Crippen molar-refractivity contribution in [2.24, 2.45) is 5.92 Å². The van der Waals surface area contributed by atoms with Crippen LogP contribution in [0, 0.1) is 23.0 Å². The second kappa shape index (κ2) is 6.62. The van der Waals surface area contributed by atoms with Gasteiger partial charge in [-0.1, -0.05) is 6.07 Å². The minimum absolute atomic E-state index is 0. The molecule has 2 heterocycles. The molecule has 2 atom stereocenters. The van der Waals surface area contributed by atoms with Crippen LogP contribution in [0.5, 0.6) is 0 Å². The Bertz CT molecular complexity index is 593. The van der Waals surface area contributed by atoms with Gasteiger partial charge in [-0.05, 0) is 38.3 Å². The van der Waals surface area contributed by atoms with Crippen LogP contribution in [0.15, 0.2) is 18.2 Å². The highest BCUT2D eigenvalue weighted by atomic mass is 35.5. The van der Waals surface area contributed by atoms with Crippen LogP contribution >= 0.6 is 12.4 Å². The first-order valence-electron chi connectivity index (χ1n) is 7.34. The van der Waals surface area contributed by atoms with Crippen LogP contribution in [0.1, 0.15) is 28.8 Å². The number of nitrogens with one attached hydrogen (secondary N) is 1. The van der Waals surface area contributed by atoms with Gasteiger partial charge in [-0.3, -0.25) is 14.9 Å². The van der Waals surface area contributed by atoms with Crippen molar-refractivity contribution in [1.82, 2.24) is 10.2 Å². The van der Waals surface area contributed by atoms with Crippen molar-refractivity contribution >= 4 is 24.0 Å². The molecule has 2 unspecified atom stereocenters. The molecule has 0 bridgehead atoms. The fourth-order valence-electron chi connectivity index (χ4n) is 3.46. The van der Waals surface area contributed by atoms with Gasteiger partial charge >= 0.3 is 0 Å². The van der Waals surface area contributed by atoms with Crippen molar-refractivity contribution in [3.05, 3.63) is 39.4 Å². The molecule has 1 aromatic rings. The molecular formula is C15H20ClN3O3. The topological polar surface area (TPSA) is 75.5 Å². The molecule has 0 aliphatic carbocycles. The fourth-order valence-corrected chi connectivity index (χ4v) is 3.46. The van der Waals surface area contributed by atoms with Crippen molar-refractivity contribution in [3.8, 4) is 0 Å². The zero-order valence-corrected chi connectivity index (χ0v) is 13.3. The van der Waals surface area contributed by atoms with Crippen LogP contribution in [0.25, 0.3) is 0 Å². The Balaban J connectivity index is 0.00000176. The minimum Gasteiger partial charge on any atom is -0.338 e. The molecule has 0 aromatic heterocycles. The highest BCUT2D eigenvalue weighted by Gasteiger charge is 2.35. The SMILES string of the molecule is Cc1c(C(=O)N2CCC3NCCC3C2)cccc1[N+](=O)[O-].Cl. The summed E-state index contributed by atoms with van der Waals surface area (Å²) in [6.45, 7) is 4.14. The van der Waals surface area contributed by atoms with Crippen molar-refractivity contribution in [2.45, 2.75) is 25.8 Å². The molecule has 22 heavy (non-hydrogen) atoms. The number of nitro benzene ring substituents is 1. The summed E-state index contributed by atoms with van der Waals surface area (Å²) < 4.78 is 0. The van der Waals surface area contributed by atoms with E-state index in [1.165, 1.54) is 6.07 Å². The number of nitrogens with zero attached hydrogens (tertiary/aromatic N) is 2. The average molecular weight is 326 g/mol. The minimum atomic E-state index is -0.431. The Morgan fingerprint density at radius 1 is 1.41 bits per heavy atom. The quantitative estimate of drug-likeness (QED) is 0.667. The van der Waals surface area contributed by atoms with E-state index in [1.54, 1.807) is 19.1 Å². The zero-order valence-electron chi connectivity index (χ0n) is 12.4. The van der Waals surface area contributed by atoms with Gasteiger partial charge in [0.15, 0.2) is 0 Å². The number of likely N-dealkylation sites (tertiary alicyclic amines) is 1. The smallest absolute Gasteiger partial charge is 0.273 e. The van der Waals surface area contributed by atoms with Crippen LogP contribution < -0.4 is 5.32 Å². The molecule has 0 spiro atoms. The summed E-state index contributed by atoms with van der Waals surface area (Å²) in [7, 11) is 0. The molecule has 1 aromatic carbocycles. The fraction of sp³-hybridized carbons (Fsp3) is 0.533. The van der Waals surface area contributed by atoms with Crippen molar-refractivity contribution in [2.75, 3.05) is 19.6 Å². The van der Waals surface area contributed by atoms with E-state index in [-0.39, 0.29) is 24.0 Å². The van der Waals surface area contributed by atoms with Gasteiger partial charge in [0.1, 0.15) is 0 Å². The number of nitro groups is 1. The van der Waals surface area contributed by atoms with E-state index >= 15 is 0 Å². The third-order valence-electron chi connectivity index (χ3n) is 4.68. The molecule has 1 N–H and O–H groups in total. The number of piperidine rings is 1. The standard InChI is InChI=1S/C15H19N3O3.ClH/c1-10-12(3-2-4-14(10)18(20)21)15(19)17-8-6-13-11(9-17)5-7-16-13;/h2-4,11,13,16H,5-9H2,1H3;1H. The van der Waals surface area contributed by atoms with E-state index in [0.29, 0.717) is 23.1 Å². The second-order valence-corrected chi connectivity index (χ2v) is 5.86. The number of benzene rings is 1. The number of amides is 1. The van der Waals surface area contributed by atoms with Crippen LogP contribution in [-0.2, 0) is 0 Å². The van der Waals surface area contributed by atoms with E-state index in [0.717, 1.165) is 32.5 Å². The maximum Gasteiger partial charge on any atom is 0.273 e. The first-order chi connectivity index (χ1) is 10.1. The number of hydrogen-bond acceptors (Lipinski definition) is 4. The maximum atomic E-state index is 12.7. The summed E-state index contributed by atoms with van der Waals surface area (Å²) in [5.74, 6) is 0.434. The van der Waals surface area contributed by atoms with Gasteiger partial charge < -0.3 is 10.2 Å². The summed E-state index contributed by atoms with van der Waals surface area (Å²) in [5, 5.41) is 14.5. The molecular weight excluding hydrogens is 306 g/mol. The molecule has 3 rings (SSSR count). The second-order valence-electron chi connectivity index (χ2n) is 5.86. The van der Waals surface area contributed by atoms with E-state index in [4.69, 9.17) is 0 Å². The van der Waals surface area contributed by atoms with Gasteiger partial charge in [-0.25, -0.2) is 0 Å². The monoisotopic (exact) mass is 325 g/mol. The summed E-state index contributed by atoms with van der Waals surface area (Å²) in [6, 6.07) is 5.24. The highest BCUT2D eigenvalue weighted by molar-refractivity contribution is 5.96. The number of rotatable bonds is 2. The molecule has 2 aliphatic rings. The molecule has 2 saturated heterocycles. The molecule has 6 nitrogen and oxygen atoms in total. The largest absolute Gasteiger partial charge is 0.338 e. The molecule has 0 saturated carbocycles. The van der Waals surface area contributed by atoms with Gasteiger partial charge in [0.25, 0.3) is 11.6 Å². The first kappa shape index (κ1) is 16.7. The van der Waals surface area contributed by atoms with Gasteiger partial charge in [0.05, 0.1) is 4.92 Å². The predicted molar refractivity (Wildman–Crippen MR) is 85.5 cm³/mol. The Morgan fingerprint density at radius 2 is 2.18 bits per heavy atom. The molecule has 7 heteroatoms. The number of halogens is 1. The zero-order chi connectivity index (χ0) is 15.0. The van der Waals surface area contributed by atoms with Crippen LogP contribution in [-0.4, -0.2) is 41.4 Å². The maximum absolute atomic E-state index is 12.7. The lowest BCUT2D eigenvalue weighted by atomic mass is 9.92. The lowest BCUT2D eigenvalue weighted by Crippen LogP contribution is -2.47. The Kier molecular flexibility index (Phi) is 5.03. The summed E-state index contributed by atoms with van der Waals surface area (Å²) >= 11 is 0. The van der Waals surface area contributed by atoms with E-state index < -0.39 is 4.92 Å². The Hall–Kier alpha value is -1.66. The molecule has 0 radical (unpaired) electrons. The van der Waals surface area contributed by atoms with E-state index in [9.17, 15) is 14.9 Å². The van der Waals surface area contributed by atoms with Gasteiger partial charge in [-0.15, -0.1) is 12.4 Å². The predicted octanol–water partition coefficient (Wildman–Crippen LogP) is 2.15. The van der Waals surface area contributed by atoms with Crippen LogP contribution in [0.4, 0.5) is 5.69 Å². The Labute approximate surface area is 135 Å². The van der Waals surface area contributed by atoms with E-state index in [1.807, 2.05) is 4.90 Å². The third-order valence-corrected chi connectivity index (χ3v) is 4.68. The van der Waals surface area contributed by atoms with Crippen molar-refractivity contribution in [1.29, 1.82) is 0 Å². The number of hydrogen-bond donors (Lipinski definition) is 1. The van der Waals surface area contributed by atoms with Crippen LogP contribution in [0.2, 0.25) is 0 Å². The molecule has 2 aliphatic heterocycles. The number of fused-ring (bicyclic) bond motifs is 1. The average Bonchev–Trinajstić information content (AvgIpc) is 2.93. The van der Waals surface area contributed by atoms with E-state index in [2.05, 4.69) is 5.32 Å². The summed E-state index contributed by atoms with van der Waals surface area (Å²) in [5.41, 5.74) is 0.922. The lowest BCUT2D eigenvalue weighted by molar-refractivity contribution is -0.385. The van der Waals surface area contributed by atoms with Gasteiger partial charge in [0, 0.05) is 36.3 Å². The molecule has 120 valence electrons. The highest BCUT2D eigenvalue weighted by Crippen LogP contribution is 2.27.